The van der Waals surface area contributed by atoms with Gasteiger partial charge in [-0.15, -0.1) is 0 Å². The first-order valence-corrected chi connectivity index (χ1v) is 13.1. The van der Waals surface area contributed by atoms with Crippen molar-refractivity contribution in [1.82, 2.24) is 0 Å². The van der Waals surface area contributed by atoms with E-state index in [1.807, 2.05) is 0 Å². The van der Waals surface area contributed by atoms with Crippen LogP contribution in [0.25, 0.3) is 0 Å². The van der Waals surface area contributed by atoms with Crippen molar-refractivity contribution in [3.63, 3.8) is 0 Å². The zero-order valence-corrected chi connectivity index (χ0v) is 20.9. The topological polar surface area (TPSA) is 20.2 Å². The van der Waals surface area contributed by atoms with Gasteiger partial charge < -0.3 is 5.11 Å². The molecule has 0 radical (unpaired) electrons. The van der Waals surface area contributed by atoms with Crippen molar-refractivity contribution in [2.75, 3.05) is 0 Å². The van der Waals surface area contributed by atoms with E-state index in [0.717, 1.165) is 30.6 Å². The van der Waals surface area contributed by atoms with Crippen molar-refractivity contribution < 1.29 is 5.11 Å². The van der Waals surface area contributed by atoms with E-state index in [9.17, 15) is 5.11 Å². The predicted molar refractivity (Wildman–Crippen MR) is 128 cm³/mol. The summed E-state index contributed by atoms with van der Waals surface area (Å²) >= 11 is 0. The molecule has 0 aromatic heterocycles. The number of allylic oxidation sites excluding steroid dienone is 4. The van der Waals surface area contributed by atoms with E-state index in [4.69, 9.17) is 0 Å². The van der Waals surface area contributed by atoms with Crippen LogP contribution >= 0.6 is 0 Å². The molecule has 1 nitrogen and oxygen atoms in total. The van der Waals surface area contributed by atoms with Gasteiger partial charge in [0.05, 0.1) is 6.10 Å². The van der Waals surface area contributed by atoms with E-state index in [-0.39, 0.29) is 11.5 Å². The Morgan fingerprint density at radius 1 is 1.00 bits per heavy atom. The Bertz CT molecular complexity index is 716. The quantitative estimate of drug-likeness (QED) is 0.486. The van der Waals surface area contributed by atoms with E-state index in [1.165, 1.54) is 44.9 Å². The molecule has 8 atom stereocenters. The Morgan fingerprint density at radius 3 is 2.43 bits per heavy atom. The maximum atomic E-state index is 10.5. The van der Waals surface area contributed by atoms with Crippen LogP contribution in [-0.4, -0.2) is 11.2 Å². The summed E-state index contributed by atoms with van der Waals surface area (Å²) in [7, 11) is 0. The highest BCUT2D eigenvalue weighted by Gasteiger charge is 2.61. The number of hydrogen-bond acceptors (Lipinski definition) is 1. The van der Waals surface area contributed by atoms with Crippen molar-refractivity contribution in [3.05, 3.63) is 23.3 Å². The van der Waals surface area contributed by atoms with Gasteiger partial charge in [0, 0.05) is 0 Å². The lowest BCUT2D eigenvalue weighted by atomic mass is 9.46. The molecule has 0 heterocycles. The Balaban J connectivity index is 1.61. The van der Waals surface area contributed by atoms with Crippen molar-refractivity contribution in [2.45, 2.75) is 112 Å². The second-order valence-electron chi connectivity index (χ2n) is 12.9. The van der Waals surface area contributed by atoms with Gasteiger partial charge in [0.15, 0.2) is 0 Å². The van der Waals surface area contributed by atoms with E-state index in [0.29, 0.717) is 22.7 Å². The molecule has 1 heteroatoms. The lowest BCUT2D eigenvalue weighted by molar-refractivity contribution is -0.0247. The summed E-state index contributed by atoms with van der Waals surface area (Å²) in [5.74, 6) is 3.55. The minimum atomic E-state index is -0.106. The number of rotatable bonds is 5. The average Bonchev–Trinajstić information content (AvgIpc) is 2.96. The van der Waals surface area contributed by atoms with Crippen LogP contribution in [0, 0.1) is 45.8 Å². The van der Waals surface area contributed by atoms with Gasteiger partial charge in [-0.3, -0.25) is 0 Å². The standard InChI is InChI=1S/C29H48O/c1-19(2)9-8-10-20(3)22-13-17-29(7)25-12-11-23-21(4)26(30)15-16-27(23,5)24(25)14-18-28(22,29)6/h12,14,19-23,26,30H,8-11,13,15-18H2,1-7H3/t20-,21-,22-,23-,26-,27-,28+,29-/m0/s1. The number of hydrogen-bond donors (Lipinski definition) is 1. The smallest absolute Gasteiger partial charge is 0.0569 e. The molecule has 0 unspecified atom stereocenters. The first-order chi connectivity index (χ1) is 14.0. The minimum absolute atomic E-state index is 0.106. The molecule has 170 valence electrons. The van der Waals surface area contributed by atoms with E-state index in [2.05, 4.69) is 60.6 Å². The highest BCUT2D eigenvalue weighted by atomic mass is 16.3. The summed E-state index contributed by atoms with van der Waals surface area (Å²) in [6.45, 7) is 17.4. The minimum Gasteiger partial charge on any atom is -0.393 e. The second-order valence-corrected chi connectivity index (χ2v) is 12.9. The van der Waals surface area contributed by atoms with Crippen LogP contribution in [0.1, 0.15) is 106 Å². The van der Waals surface area contributed by atoms with Crippen LogP contribution in [0.15, 0.2) is 23.3 Å². The van der Waals surface area contributed by atoms with Crippen LogP contribution < -0.4 is 0 Å². The Kier molecular flexibility index (Phi) is 5.87. The summed E-state index contributed by atoms with van der Waals surface area (Å²) in [5.41, 5.74) is 4.42. The first kappa shape index (κ1) is 22.6. The number of aliphatic hydroxyl groups is 1. The van der Waals surface area contributed by atoms with Crippen molar-refractivity contribution in [1.29, 1.82) is 0 Å². The maximum Gasteiger partial charge on any atom is 0.0569 e. The zero-order chi connectivity index (χ0) is 21.9. The average molecular weight is 413 g/mol. The van der Waals surface area contributed by atoms with Gasteiger partial charge in [0.25, 0.3) is 0 Å². The van der Waals surface area contributed by atoms with Gasteiger partial charge in [-0.1, -0.05) is 79.9 Å². The van der Waals surface area contributed by atoms with Gasteiger partial charge in [0.1, 0.15) is 0 Å². The summed E-state index contributed by atoms with van der Waals surface area (Å²) in [6, 6.07) is 0. The van der Waals surface area contributed by atoms with Crippen LogP contribution in [0.3, 0.4) is 0 Å². The summed E-state index contributed by atoms with van der Waals surface area (Å²) in [4.78, 5) is 0. The van der Waals surface area contributed by atoms with Crippen molar-refractivity contribution in [2.24, 2.45) is 45.8 Å². The van der Waals surface area contributed by atoms with Gasteiger partial charge in [-0.05, 0) is 95.5 Å². The maximum absolute atomic E-state index is 10.5. The fourth-order valence-electron chi connectivity index (χ4n) is 8.63. The molecule has 4 aliphatic carbocycles. The lowest BCUT2D eigenvalue weighted by Crippen LogP contribution is -2.50. The summed E-state index contributed by atoms with van der Waals surface area (Å²) in [5, 5.41) is 10.5. The highest BCUT2D eigenvalue weighted by Crippen LogP contribution is 2.70. The molecule has 0 aliphatic heterocycles. The van der Waals surface area contributed by atoms with Crippen LogP contribution in [0.5, 0.6) is 0 Å². The van der Waals surface area contributed by atoms with Crippen molar-refractivity contribution >= 4 is 0 Å². The van der Waals surface area contributed by atoms with Crippen molar-refractivity contribution in [3.8, 4) is 0 Å². The molecule has 2 saturated carbocycles. The fourth-order valence-corrected chi connectivity index (χ4v) is 8.63. The SMILES string of the molecule is CC(C)CCC[C@H](C)[C@@H]1CC[C@@]2(C)C3=CC[C@H]4[C@H](C)[C@@H](O)CC[C@]4(C)C3=CC[C@]12C. The molecule has 0 spiro atoms. The normalized spacial score (nSPS) is 46.6. The van der Waals surface area contributed by atoms with Gasteiger partial charge in [0.2, 0.25) is 0 Å². The van der Waals surface area contributed by atoms with Gasteiger partial charge in [-0.2, -0.15) is 0 Å². The van der Waals surface area contributed by atoms with E-state index >= 15 is 0 Å². The molecule has 0 saturated heterocycles. The molecule has 2 fully saturated rings. The Morgan fingerprint density at radius 2 is 1.73 bits per heavy atom. The molecule has 4 aliphatic rings. The molecule has 0 aromatic carbocycles. The number of fused-ring (bicyclic) bond motifs is 5. The zero-order valence-electron chi connectivity index (χ0n) is 20.9. The fraction of sp³-hybridized carbons (Fsp3) is 0.862. The van der Waals surface area contributed by atoms with Crippen LogP contribution in [0.4, 0.5) is 0 Å². The predicted octanol–water partition coefficient (Wildman–Crippen LogP) is 7.94. The van der Waals surface area contributed by atoms with Crippen LogP contribution in [-0.2, 0) is 0 Å². The highest BCUT2D eigenvalue weighted by molar-refractivity contribution is 5.49. The third-order valence-corrected chi connectivity index (χ3v) is 11.0. The molecule has 0 bridgehead atoms. The molecular formula is C29H48O. The molecule has 0 amide bonds. The molecule has 30 heavy (non-hydrogen) atoms. The van der Waals surface area contributed by atoms with E-state index in [1.54, 1.807) is 11.1 Å². The van der Waals surface area contributed by atoms with Gasteiger partial charge >= 0.3 is 0 Å². The Hall–Kier alpha value is -0.560. The molecule has 0 aromatic rings. The molecule has 1 N–H and O–H groups in total. The largest absolute Gasteiger partial charge is 0.393 e. The number of aliphatic hydroxyl groups excluding tert-OH is 1. The Labute approximate surface area is 186 Å². The third-order valence-electron chi connectivity index (χ3n) is 11.0. The van der Waals surface area contributed by atoms with E-state index < -0.39 is 0 Å². The lowest BCUT2D eigenvalue weighted by Gasteiger charge is -2.58. The second kappa shape index (κ2) is 7.79. The van der Waals surface area contributed by atoms with Gasteiger partial charge in [-0.25, -0.2) is 0 Å². The summed E-state index contributed by atoms with van der Waals surface area (Å²) in [6.07, 6.45) is 16.7. The van der Waals surface area contributed by atoms with Crippen LogP contribution in [0.2, 0.25) is 0 Å². The molecular weight excluding hydrogens is 364 g/mol. The third kappa shape index (κ3) is 3.20. The molecule has 4 rings (SSSR count). The monoisotopic (exact) mass is 412 g/mol. The first-order valence-electron chi connectivity index (χ1n) is 13.1. The summed E-state index contributed by atoms with van der Waals surface area (Å²) < 4.78 is 0.